The summed E-state index contributed by atoms with van der Waals surface area (Å²) < 4.78 is 12.3. The van der Waals surface area contributed by atoms with Gasteiger partial charge in [0.05, 0.1) is 12.0 Å². The van der Waals surface area contributed by atoms with Crippen LogP contribution in [0.1, 0.15) is 49.3 Å². The summed E-state index contributed by atoms with van der Waals surface area (Å²) in [6.07, 6.45) is 5.18. The molecule has 26 heavy (non-hydrogen) atoms. The molecule has 136 valence electrons. The first-order valence-corrected chi connectivity index (χ1v) is 9.43. The van der Waals surface area contributed by atoms with Crippen molar-refractivity contribution in [1.82, 2.24) is 0 Å². The fraction of sp³-hybridized carbons (Fsp3) is 0.409. The second kappa shape index (κ2) is 7.40. The van der Waals surface area contributed by atoms with Gasteiger partial charge in [0.1, 0.15) is 17.6 Å². The molecule has 4 rings (SSSR count). The highest BCUT2D eigenvalue weighted by atomic mass is 16.5. The van der Waals surface area contributed by atoms with Gasteiger partial charge in [0.15, 0.2) is 0 Å². The van der Waals surface area contributed by atoms with E-state index in [0.29, 0.717) is 12.8 Å². The summed E-state index contributed by atoms with van der Waals surface area (Å²) in [7, 11) is 0. The third-order valence-corrected chi connectivity index (χ3v) is 5.47. The van der Waals surface area contributed by atoms with E-state index in [9.17, 15) is 4.79 Å². The number of benzene rings is 2. The zero-order valence-corrected chi connectivity index (χ0v) is 14.8. The highest BCUT2D eigenvalue weighted by molar-refractivity contribution is 5.70. The van der Waals surface area contributed by atoms with Crippen LogP contribution in [0.5, 0.6) is 11.5 Å². The Hall–Kier alpha value is -2.49. The summed E-state index contributed by atoms with van der Waals surface area (Å²) in [5.41, 5.74) is 2.41. The minimum absolute atomic E-state index is 0.113. The largest absolute Gasteiger partial charge is 0.490 e. The van der Waals surface area contributed by atoms with E-state index < -0.39 is 5.97 Å². The van der Waals surface area contributed by atoms with Crippen molar-refractivity contribution in [3.63, 3.8) is 0 Å². The molecule has 1 aliphatic heterocycles. The van der Waals surface area contributed by atoms with Crippen LogP contribution in [-0.4, -0.2) is 17.2 Å². The van der Waals surface area contributed by atoms with Crippen LogP contribution < -0.4 is 9.47 Å². The number of fused-ring (bicyclic) bond motifs is 1. The van der Waals surface area contributed by atoms with E-state index in [2.05, 4.69) is 18.2 Å². The van der Waals surface area contributed by atoms with Gasteiger partial charge in [-0.1, -0.05) is 30.3 Å². The molecule has 1 aliphatic carbocycles. The average molecular weight is 352 g/mol. The maximum absolute atomic E-state index is 11.1. The Morgan fingerprint density at radius 1 is 1.00 bits per heavy atom. The molecule has 1 fully saturated rings. The highest BCUT2D eigenvalue weighted by Crippen LogP contribution is 2.37. The fourth-order valence-corrected chi connectivity index (χ4v) is 3.96. The lowest BCUT2D eigenvalue weighted by Gasteiger charge is -2.29. The molecule has 0 amide bonds. The molecule has 4 nitrogen and oxygen atoms in total. The Labute approximate surface area is 153 Å². The van der Waals surface area contributed by atoms with Crippen LogP contribution in [0.3, 0.4) is 0 Å². The van der Waals surface area contributed by atoms with Crippen LogP contribution in [-0.2, 0) is 11.2 Å². The molecule has 4 heteroatoms. The maximum Gasteiger partial charge on any atom is 0.306 e. The van der Waals surface area contributed by atoms with E-state index in [1.165, 1.54) is 11.1 Å². The molecule has 1 N–H and O–H groups in total. The number of aryl methyl sites for hydroxylation is 1. The molecule has 0 spiro atoms. The summed E-state index contributed by atoms with van der Waals surface area (Å²) in [5, 5.41) is 9.10. The lowest BCUT2D eigenvalue weighted by molar-refractivity contribution is -0.143. The van der Waals surface area contributed by atoms with E-state index in [1.807, 2.05) is 30.3 Å². The number of aliphatic carboxylic acids is 1. The van der Waals surface area contributed by atoms with Crippen LogP contribution in [0, 0.1) is 5.92 Å². The number of carbonyl (C=O) groups is 1. The van der Waals surface area contributed by atoms with Crippen molar-refractivity contribution in [2.24, 2.45) is 5.92 Å². The first-order valence-electron chi connectivity index (χ1n) is 9.43. The standard InChI is InChI=1S/C22H24O4/c23-22(24)16-6-9-18(10-7-16)25-19-11-13-21-17(14-19)8-12-20(26-21)15-4-2-1-3-5-15/h1-5,11,13-14,16,18,20H,6-10,12H2,(H,23,24)/t16-,18+,20?. The Kier molecular flexibility index (Phi) is 4.83. The fourth-order valence-electron chi connectivity index (χ4n) is 3.96. The van der Waals surface area contributed by atoms with Gasteiger partial charge in [-0.15, -0.1) is 0 Å². The predicted molar refractivity (Wildman–Crippen MR) is 98.6 cm³/mol. The van der Waals surface area contributed by atoms with Gasteiger partial charge in [-0.25, -0.2) is 0 Å². The Morgan fingerprint density at radius 2 is 1.77 bits per heavy atom. The third-order valence-electron chi connectivity index (χ3n) is 5.47. The lowest BCUT2D eigenvalue weighted by atomic mass is 9.87. The Balaban J connectivity index is 1.39. The first-order chi connectivity index (χ1) is 12.7. The monoisotopic (exact) mass is 352 g/mol. The molecule has 2 aromatic rings. The zero-order chi connectivity index (χ0) is 17.9. The van der Waals surface area contributed by atoms with Crippen molar-refractivity contribution < 1.29 is 19.4 Å². The molecule has 0 radical (unpaired) electrons. The van der Waals surface area contributed by atoms with Gasteiger partial charge in [-0.05, 0) is 67.9 Å². The topological polar surface area (TPSA) is 55.8 Å². The maximum atomic E-state index is 11.1. The molecule has 0 bridgehead atoms. The van der Waals surface area contributed by atoms with Crippen molar-refractivity contribution in [2.45, 2.75) is 50.7 Å². The second-order valence-electron chi connectivity index (χ2n) is 7.26. The smallest absolute Gasteiger partial charge is 0.306 e. The Morgan fingerprint density at radius 3 is 2.50 bits per heavy atom. The van der Waals surface area contributed by atoms with Crippen LogP contribution in [0.4, 0.5) is 0 Å². The number of ether oxygens (including phenoxy) is 2. The van der Waals surface area contributed by atoms with Gasteiger partial charge in [0.25, 0.3) is 0 Å². The normalized spacial score (nSPS) is 25.0. The Bertz CT molecular complexity index is 763. The van der Waals surface area contributed by atoms with E-state index in [4.69, 9.17) is 14.6 Å². The summed E-state index contributed by atoms with van der Waals surface area (Å²) in [6, 6.07) is 16.4. The molecule has 1 saturated carbocycles. The third kappa shape index (κ3) is 3.69. The van der Waals surface area contributed by atoms with E-state index in [1.54, 1.807) is 0 Å². The minimum atomic E-state index is -0.678. The van der Waals surface area contributed by atoms with Gasteiger partial charge < -0.3 is 14.6 Å². The van der Waals surface area contributed by atoms with Gasteiger partial charge >= 0.3 is 5.97 Å². The quantitative estimate of drug-likeness (QED) is 0.861. The molecular formula is C22H24O4. The number of hydrogen-bond acceptors (Lipinski definition) is 3. The van der Waals surface area contributed by atoms with Gasteiger partial charge in [0.2, 0.25) is 0 Å². The minimum Gasteiger partial charge on any atom is -0.490 e. The second-order valence-corrected chi connectivity index (χ2v) is 7.26. The number of hydrogen-bond donors (Lipinski definition) is 1. The van der Waals surface area contributed by atoms with E-state index >= 15 is 0 Å². The molecule has 1 heterocycles. The number of carboxylic acid groups (broad SMARTS) is 1. The summed E-state index contributed by atoms with van der Waals surface area (Å²) in [6.45, 7) is 0. The van der Waals surface area contributed by atoms with Crippen molar-refractivity contribution in [3.8, 4) is 11.5 Å². The van der Waals surface area contributed by atoms with Crippen LogP contribution in [0.25, 0.3) is 0 Å². The van der Waals surface area contributed by atoms with Gasteiger partial charge in [-0.2, -0.15) is 0 Å². The van der Waals surface area contributed by atoms with Crippen LogP contribution in [0.15, 0.2) is 48.5 Å². The predicted octanol–water partition coefficient (Wildman–Crippen LogP) is 4.78. The van der Waals surface area contributed by atoms with Crippen molar-refractivity contribution in [3.05, 3.63) is 59.7 Å². The summed E-state index contributed by atoms with van der Waals surface area (Å²) in [5.74, 6) is 0.917. The van der Waals surface area contributed by atoms with Crippen LogP contribution >= 0.6 is 0 Å². The van der Waals surface area contributed by atoms with Crippen molar-refractivity contribution >= 4 is 5.97 Å². The van der Waals surface area contributed by atoms with Crippen molar-refractivity contribution in [2.75, 3.05) is 0 Å². The average Bonchev–Trinajstić information content (AvgIpc) is 2.69. The van der Waals surface area contributed by atoms with E-state index in [-0.39, 0.29) is 18.1 Å². The molecule has 2 aromatic carbocycles. The number of rotatable bonds is 4. The molecular weight excluding hydrogens is 328 g/mol. The zero-order valence-electron chi connectivity index (χ0n) is 14.8. The van der Waals surface area contributed by atoms with Crippen molar-refractivity contribution in [1.29, 1.82) is 0 Å². The lowest BCUT2D eigenvalue weighted by Crippen LogP contribution is -2.27. The molecule has 0 saturated heterocycles. The highest BCUT2D eigenvalue weighted by Gasteiger charge is 2.27. The van der Waals surface area contributed by atoms with Gasteiger partial charge in [-0.3, -0.25) is 4.79 Å². The first kappa shape index (κ1) is 17.0. The summed E-state index contributed by atoms with van der Waals surface area (Å²) in [4.78, 5) is 11.1. The molecule has 0 aromatic heterocycles. The number of carboxylic acids is 1. The van der Waals surface area contributed by atoms with E-state index in [0.717, 1.165) is 37.2 Å². The SMILES string of the molecule is O=C(O)[C@H]1CC[C@@H](Oc2ccc3c(c2)CCC(c2ccccc2)O3)CC1. The molecule has 1 unspecified atom stereocenters. The molecule has 1 atom stereocenters. The molecule has 2 aliphatic rings. The summed E-state index contributed by atoms with van der Waals surface area (Å²) >= 11 is 0. The van der Waals surface area contributed by atoms with Crippen LogP contribution in [0.2, 0.25) is 0 Å². The van der Waals surface area contributed by atoms with Gasteiger partial charge in [0, 0.05) is 0 Å².